The summed E-state index contributed by atoms with van der Waals surface area (Å²) in [6.45, 7) is 12.2. The zero-order valence-electron chi connectivity index (χ0n) is 18.1. The van der Waals surface area contributed by atoms with E-state index in [1.54, 1.807) is 4.90 Å². The molecule has 0 spiro atoms. The minimum Gasteiger partial charge on any atom is -0.463 e. The number of carbonyl (C=O) groups excluding carboxylic acids is 2. The van der Waals surface area contributed by atoms with Crippen molar-refractivity contribution in [1.29, 1.82) is 0 Å². The van der Waals surface area contributed by atoms with Gasteiger partial charge in [-0.15, -0.1) is 0 Å². The van der Waals surface area contributed by atoms with Crippen LogP contribution in [0.1, 0.15) is 53.0 Å². The summed E-state index contributed by atoms with van der Waals surface area (Å²) >= 11 is 0. The predicted octanol–water partition coefficient (Wildman–Crippen LogP) is 4.24. The third-order valence-electron chi connectivity index (χ3n) is 2.92. The summed E-state index contributed by atoms with van der Waals surface area (Å²) in [5, 5.41) is 2.75. The molecule has 1 amide bonds. The van der Waals surface area contributed by atoms with Crippen LogP contribution in [0.2, 0.25) is 0 Å². The molecular weight excluding hydrogens is 344 g/mol. The van der Waals surface area contributed by atoms with E-state index < -0.39 is 0 Å². The maximum Gasteiger partial charge on any atom is 0.410 e. The first-order valence-corrected chi connectivity index (χ1v) is 9.49. The average molecular weight is 383 g/mol. The predicted molar refractivity (Wildman–Crippen MR) is 111 cm³/mol. The van der Waals surface area contributed by atoms with Crippen LogP contribution >= 0.6 is 0 Å². The molecule has 0 atom stereocenters. The Morgan fingerprint density at radius 1 is 1.11 bits per heavy atom. The van der Waals surface area contributed by atoms with Crippen LogP contribution in [0, 0.1) is 0 Å². The molecule has 27 heavy (non-hydrogen) atoms. The van der Waals surface area contributed by atoms with E-state index >= 15 is 0 Å². The van der Waals surface area contributed by atoms with E-state index in [9.17, 15) is 9.59 Å². The lowest BCUT2D eigenvalue weighted by atomic mass is 10.2. The minimum absolute atomic E-state index is 0.167. The number of ether oxygens (including phenoxy) is 2. The number of rotatable bonds is 3. The van der Waals surface area contributed by atoms with E-state index in [2.05, 4.69) is 10.1 Å². The molecule has 1 aliphatic heterocycles. The lowest BCUT2D eigenvalue weighted by molar-refractivity contribution is -0.129. The van der Waals surface area contributed by atoms with Gasteiger partial charge in [-0.2, -0.15) is 0 Å². The molecule has 2 rings (SSSR count). The van der Waals surface area contributed by atoms with Crippen LogP contribution in [-0.2, 0) is 20.9 Å². The van der Waals surface area contributed by atoms with E-state index in [1.165, 1.54) is 0 Å². The number of hydrogen-bond acceptors (Lipinski definition) is 5. The van der Waals surface area contributed by atoms with E-state index in [0.29, 0.717) is 13.1 Å². The number of likely N-dealkylation sites (tertiary alicyclic amines) is 1. The van der Waals surface area contributed by atoms with Gasteiger partial charge in [-0.1, -0.05) is 44.2 Å². The lowest BCUT2D eigenvalue weighted by Crippen LogP contribution is -2.34. The highest BCUT2D eigenvalue weighted by Crippen LogP contribution is 2.14. The van der Waals surface area contributed by atoms with Crippen molar-refractivity contribution in [3.63, 3.8) is 0 Å². The van der Waals surface area contributed by atoms with Crippen molar-refractivity contribution >= 4 is 12.6 Å². The van der Waals surface area contributed by atoms with Gasteiger partial charge in [0.2, 0.25) is 0 Å². The van der Waals surface area contributed by atoms with Crippen LogP contribution in [0.3, 0.4) is 0 Å². The van der Waals surface area contributed by atoms with Crippen molar-refractivity contribution in [1.82, 2.24) is 10.2 Å². The van der Waals surface area contributed by atoms with Gasteiger partial charge in [0.05, 0.1) is 0 Å². The Balaban J connectivity index is 0. The number of nitrogens with one attached hydrogen (secondary N) is 1. The SMILES string of the molecule is CC.CC(C)(C)OC(=O)N1CCCC1.CNC.O=COCc1ccccc1. The molecule has 1 aromatic carbocycles. The Hall–Kier alpha value is -2.08. The molecule has 0 bridgehead atoms. The molecule has 6 heteroatoms. The fourth-order valence-corrected chi connectivity index (χ4v) is 1.93. The summed E-state index contributed by atoms with van der Waals surface area (Å²) in [6, 6.07) is 9.55. The first kappa shape index (κ1) is 27.1. The summed E-state index contributed by atoms with van der Waals surface area (Å²) in [5.41, 5.74) is 0.647. The molecule has 1 N–H and O–H groups in total. The Kier molecular flexibility index (Phi) is 17.4. The van der Waals surface area contributed by atoms with E-state index in [0.717, 1.165) is 31.5 Å². The van der Waals surface area contributed by atoms with Gasteiger partial charge < -0.3 is 19.7 Å². The van der Waals surface area contributed by atoms with Crippen molar-refractivity contribution in [2.45, 2.75) is 59.7 Å². The second kappa shape index (κ2) is 17.3. The van der Waals surface area contributed by atoms with Gasteiger partial charge in [0.15, 0.2) is 0 Å². The number of hydrogen-bond donors (Lipinski definition) is 1. The van der Waals surface area contributed by atoms with Gasteiger partial charge in [0.1, 0.15) is 12.2 Å². The number of carbonyl (C=O) groups is 2. The summed E-state index contributed by atoms with van der Waals surface area (Å²) in [5.74, 6) is 0. The van der Waals surface area contributed by atoms with E-state index in [4.69, 9.17) is 4.74 Å². The smallest absolute Gasteiger partial charge is 0.410 e. The van der Waals surface area contributed by atoms with Gasteiger partial charge in [-0.3, -0.25) is 4.79 Å². The minimum atomic E-state index is -0.361. The molecule has 0 saturated carbocycles. The Morgan fingerprint density at radius 2 is 1.59 bits per heavy atom. The molecule has 0 unspecified atom stereocenters. The largest absolute Gasteiger partial charge is 0.463 e. The second-order valence-corrected chi connectivity index (χ2v) is 6.57. The Bertz CT molecular complexity index is 467. The van der Waals surface area contributed by atoms with Gasteiger partial charge in [-0.05, 0) is 53.3 Å². The van der Waals surface area contributed by atoms with Crippen LogP contribution in [0.25, 0.3) is 0 Å². The van der Waals surface area contributed by atoms with Crippen LogP contribution in [0.5, 0.6) is 0 Å². The topological polar surface area (TPSA) is 67.9 Å². The first-order chi connectivity index (χ1) is 12.8. The summed E-state index contributed by atoms with van der Waals surface area (Å²) in [4.78, 5) is 22.9. The first-order valence-electron chi connectivity index (χ1n) is 9.49. The molecule has 1 aliphatic rings. The highest BCUT2D eigenvalue weighted by Gasteiger charge is 2.23. The summed E-state index contributed by atoms with van der Waals surface area (Å²) in [6.07, 6.45) is 2.05. The molecule has 1 heterocycles. The van der Waals surface area contributed by atoms with E-state index in [1.807, 2.05) is 79.0 Å². The van der Waals surface area contributed by atoms with Crippen LogP contribution in [0.4, 0.5) is 4.79 Å². The molecule has 0 aliphatic carbocycles. The quantitative estimate of drug-likeness (QED) is 0.792. The highest BCUT2D eigenvalue weighted by atomic mass is 16.6. The Labute approximate surface area is 165 Å². The molecule has 0 radical (unpaired) electrons. The fraction of sp³-hybridized carbons (Fsp3) is 0.619. The van der Waals surface area contributed by atoms with Gasteiger partial charge in [0.25, 0.3) is 6.47 Å². The number of benzene rings is 1. The molecule has 6 nitrogen and oxygen atoms in total. The number of nitrogens with zero attached hydrogens (tertiary/aromatic N) is 1. The van der Waals surface area contributed by atoms with Crippen molar-refractivity contribution in [2.75, 3.05) is 27.2 Å². The fourth-order valence-electron chi connectivity index (χ4n) is 1.93. The standard InChI is InChI=1S/C9H17NO2.C8H8O2.C2H7N.C2H6/c1-9(2,3)12-8(11)10-6-4-5-7-10;9-7-10-6-8-4-2-1-3-5-8;1-3-2;1-2/h4-7H2,1-3H3;1-5,7H,6H2;3H,1-2H3;1-2H3. The monoisotopic (exact) mass is 382 g/mol. The van der Waals surface area contributed by atoms with Crippen molar-refractivity contribution in [2.24, 2.45) is 0 Å². The van der Waals surface area contributed by atoms with Gasteiger partial charge >= 0.3 is 6.09 Å². The maximum atomic E-state index is 11.4. The summed E-state index contributed by atoms with van der Waals surface area (Å²) in [7, 11) is 3.75. The highest BCUT2D eigenvalue weighted by molar-refractivity contribution is 5.68. The van der Waals surface area contributed by atoms with Crippen molar-refractivity contribution in [3.05, 3.63) is 35.9 Å². The zero-order chi connectivity index (χ0) is 21.1. The third-order valence-corrected chi connectivity index (χ3v) is 2.92. The van der Waals surface area contributed by atoms with Gasteiger partial charge in [0, 0.05) is 13.1 Å². The van der Waals surface area contributed by atoms with Crippen LogP contribution in [0.15, 0.2) is 30.3 Å². The maximum absolute atomic E-state index is 11.4. The second-order valence-electron chi connectivity index (χ2n) is 6.57. The van der Waals surface area contributed by atoms with Crippen molar-refractivity contribution < 1.29 is 19.1 Å². The average Bonchev–Trinajstić information content (AvgIpc) is 3.17. The normalized spacial score (nSPS) is 12.2. The molecule has 1 aromatic rings. The molecule has 1 saturated heterocycles. The molecule has 1 fully saturated rings. The molecule has 156 valence electrons. The van der Waals surface area contributed by atoms with E-state index in [-0.39, 0.29) is 11.7 Å². The Morgan fingerprint density at radius 3 is 2.00 bits per heavy atom. The molecular formula is C21H38N2O4. The third kappa shape index (κ3) is 17.1. The van der Waals surface area contributed by atoms with Crippen LogP contribution in [-0.4, -0.2) is 50.3 Å². The lowest BCUT2D eigenvalue weighted by Gasteiger charge is -2.23. The van der Waals surface area contributed by atoms with Crippen LogP contribution < -0.4 is 5.32 Å². The number of amides is 1. The van der Waals surface area contributed by atoms with Crippen molar-refractivity contribution in [3.8, 4) is 0 Å². The zero-order valence-corrected chi connectivity index (χ0v) is 18.1. The molecule has 0 aromatic heterocycles. The van der Waals surface area contributed by atoms with Gasteiger partial charge in [-0.25, -0.2) is 4.79 Å². The summed E-state index contributed by atoms with van der Waals surface area (Å²) < 4.78 is 9.75.